The van der Waals surface area contributed by atoms with Crippen molar-refractivity contribution < 1.29 is 14.3 Å². The number of aliphatic hydroxyl groups is 1. The van der Waals surface area contributed by atoms with Gasteiger partial charge in [0, 0.05) is 26.1 Å². The molecule has 2 atom stereocenters. The van der Waals surface area contributed by atoms with E-state index in [-0.39, 0.29) is 5.91 Å². The van der Waals surface area contributed by atoms with Crippen molar-refractivity contribution in [1.29, 1.82) is 0 Å². The fraction of sp³-hybridized carbons (Fsp3) is 0.952. The first kappa shape index (κ1) is 21.9. The molecule has 0 aromatic heterocycles. The largest absolute Gasteiger partial charge is 0.416 e. The fourth-order valence-corrected chi connectivity index (χ4v) is 10.8. The third-order valence-electron chi connectivity index (χ3n) is 6.96. The van der Waals surface area contributed by atoms with Crippen LogP contribution in [0.25, 0.3) is 0 Å². The lowest BCUT2D eigenvalue weighted by atomic mass is 10.1. The zero-order chi connectivity index (χ0) is 19.5. The highest BCUT2D eigenvalue weighted by Crippen LogP contribution is 2.50. The molecule has 1 amide bonds. The van der Waals surface area contributed by atoms with E-state index in [0.717, 1.165) is 45.4 Å². The third kappa shape index (κ3) is 4.71. The molecule has 152 valence electrons. The smallest absolute Gasteiger partial charge is 0.222 e. The maximum absolute atomic E-state index is 12.2. The molecule has 4 nitrogen and oxygen atoms in total. The van der Waals surface area contributed by atoms with Gasteiger partial charge in [-0.1, -0.05) is 41.5 Å². The van der Waals surface area contributed by atoms with E-state index in [1.54, 1.807) is 0 Å². The normalized spacial score (nSPS) is 26.4. The number of rotatable bonds is 10. The minimum Gasteiger partial charge on any atom is -0.416 e. The SMILES string of the molecule is CC(C)[Si](OCC[C@@H]1C[C@]1(O)CCC(=O)N1CCCC1)(C(C)C)C(C)C. The number of likely N-dealkylation sites (tertiary alicyclic amines) is 1. The van der Waals surface area contributed by atoms with Crippen molar-refractivity contribution in [2.24, 2.45) is 5.92 Å². The summed E-state index contributed by atoms with van der Waals surface area (Å²) in [6.45, 7) is 16.4. The van der Waals surface area contributed by atoms with Crippen molar-refractivity contribution in [2.45, 2.75) is 102 Å². The minimum atomic E-state index is -1.81. The highest BCUT2D eigenvalue weighted by Gasteiger charge is 2.52. The molecule has 2 aliphatic rings. The third-order valence-corrected chi connectivity index (χ3v) is 13.1. The summed E-state index contributed by atoms with van der Waals surface area (Å²) in [5.74, 6) is 0.538. The van der Waals surface area contributed by atoms with Gasteiger partial charge in [0.15, 0.2) is 8.32 Å². The second-order valence-corrected chi connectivity index (χ2v) is 15.0. The lowest BCUT2D eigenvalue weighted by molar-refractivity contribution is -0.130. The highest BCUT2D eigenvalue weighted by molar-refractivity contribution is 6.77. The summed E-state index contributed by atoms with van der Waals surface area (Å²) in [5, 5.41) is 10.7. The van der Waals surface area contributed by atoms with Gasteiger partial charge in [-0.2, -0.15) is 0 Å². The second-order valence-electron chi connectivity index (χ2n) is 9.55. The first-order valence-corrected chi connectivity index (χ1v) is 12.9. The van der Waals surface area contributed by atoms with Crippen LogP contribution in [0.5, 0.6) is 0 Å². The Morgan fingerprint density at radius 3 is 2.15 bits per heavy atom. The van der Waals surface area contributed by atoms with Crippen LogP contribution in [0.1, 0.15) is 80.1 Å². The average molecular weight is 384 g/mol. The zero-order valence-electron chi connectivity index (χ0n) is 17.9. The standard InChI is InChI=1S/C21H41NO3Si/c1-16(2)26(17(3)4,18(5)6)25-14-10-19-15-21(19,24)11-9-20(23)22-12-7-8-13-22/h16-19,24H,7-15H2,1-6H3/t19-,21-/m1/s1. The van der Waals surface area contributed by atoms with Crippen LogP contribution in [-0.4, -0.2) is 49.5 Å². The number of amides is 1. The average Bonchev–Trinajstić information content (AvgIpc) is 2.97. The molecule has 26 heavy (non-hydrogen) atoms. The van der Waals surface area contributed by atoms with Gasteiger partial charge in [-0.3, -0.25) is 4.79 Å². The van der Waals surface area contributed by atoms with Crippen molar-refractivity contribution in [2.75, 3.05) is 19.7 Å². The topological polar surface area (TPSA) is 49.8 Å². The van der Waals surface area contributed by atoms with Crippen molar-refractivity contribution in [3.8, 4) is 0 Å². The Kier molecular flexibility index (Phi) is 7.36. The molecule has 1 N–H and O–H groups in total. The summed E-state index contributed by atoms with van der Waals surface area (Å²) in [6, 6.07) is 0. The number of hydrogen-bond acceptors (Lipinski definition) is 3. The Morgan fingerprint density at radius 1 is 1.12 bits per heavy atom. The van der Waals surface area contributed by atoms with E-state index in [0.29, 0.717) is 35.4 Å². The molecule has 1 saturated heterocycles. The van der Waals surface area contributed by atoms with Gasteiger partial charge in [-0.15, -0.1) is 0 Å². The van der Waals surface area contributed by atoms with E-state index >= 15 is 0 Å². The maximum atomic E-state index is 12.2. The number of carbonyl (C=O) groups is 1. The van der Waals surface area contributed by atoms with Crippen LogP contribution >= 0.6 is 0 Å². The summed E-state index contributed by atoms with van der Waals surface area (Å²) >= 11 is 0. The van der Waals surface area contributed by atoms with Crippen molar-refractivity contribution >= 4 is 14.2 Å². The fourth-order valence-electron chi connectivity index (χ4n) is 5.37. The molecule has 2 rings (SSSR count). The van der Waals surface area contributed by atoms with Crippen molar-refractivity contribution in [3.05, 3.63) is 0 Å². The van der Waals surface area contributed by atoms with E-state index in [4.69, 9.17) is 4.43 Å². The van der Waals surface area contributed by atoms with Crippen LogP contribution < -0.4 is 0 Å². The van der Waals surface area contributed by atoms with E-state index < -0.39 is 13.9 Å². The summed E-state index contributed by atoms with van der Waals surface area (Å²) < 4.78 is 6.62. The molecule has 0 aromatic rings. The van der Waals surface area contributed by atoms with Crippen LogP contribution in [-0.2, 0) is 9.22 Å². The molecule has 2 fully saturated rings. The molecule has 1 aliphatic carbocycles. The predicted octanol–water partition coefficient (Wildman–Crippen LogP) is 4.72. The van der Waals surface area contributed by atoms with Gasteiger partial charge < -0.3 is 14.4 Å². The number of hydrogen-bond donors (Lipinski definition) is 1. The number of nitrogens with zero attached hydrogens (tertiary/aromatic N) is 1. The summed E-state index contributed by atoms with van der Waals surface area (Å²) in [6.07, 6.45) is 5.13. The molecular formula is C21H41NO3Si. The first-order chi connectivity index (χ1) is 12.1. The van der Waals surface area contributed by atoms with E-state index in [2.05, 4.69) is 41.5 Å². The minimum absolute atomic E-state index is 0.226. The Balaban J connectivity index is 1.77. The number of carbonyl (C=O) groups excluding carboxylic acids is 1. The molecule has 0 spiro atoms. The Labute approximate surface area is 161 Å². The van der Waals surface area contributed by atoms with E-state index in [9.17, 15) is 9.90 Å². The van der Waals surface area contributed by atoms with E-state index in [1.807, 2.05) is 4.90 Å². The van der Waals surface area contributed by atoms with Gasteiger partial charge in [0.05, 0.1) is 5.60 Å². The summed E-state index contributed by atoms with van der Waals surface area (Å²) in [5.41, 5.74) is 1.17. The van der Waals surface area contributed by atoms with Crippen molar-refractivity contribution in [1.82, 2.24) is 4.90 Å². The second kappa shape index (κ2) is 8.74. The van der Waals surface area contributed by atoms with Crippen molar-refractivity contribution in [3.63, 3.8) is 0 Å². The van der Waals surface area contributed by atoms with Gasteiger partial charge in [0.2, 0.25) is 5.91 Å². The monoisotopic (exact) mass is 383 g/mol. The Bertz CT molecular complexity index is 452. The van der Waals surface area contributed by atoms with Gasteiger partial charge >= 0.3 is 0 Å². The molecule has 0 unspecified atom stereocenters. The molecular weight excluding hydrogens is 342 g/mol. The first-order valence-electron chi connectivity index (χ1n) is 10.8. The van der Waals surface area contributed by atoms with Crippen LogP contribution in [0.15, 0.2) is 0 Å². The van der Waals surface area contributed by atoms with Crippen LogP contribution in [0.2, 0.25) is 16.6 Å². The molecule has 0 bridgehead atoms. The quantitative estimate of drug-likeness (QED) is 0.555. The Hall–Kier alpha value is -0.393. The maximum Gasteiger partial charge on any atom is 0.222 e. The van der Waals surface area contributed by atoms with E-state index in [1.165, 1.54) is 0 Å². The Morgan fingerprint density at radius 2 is 1.65 bits per heavy atom. The molecule has 1 saturated carbocycles. The lowest BCUT2D eigenvalue weighted by Crippen LogP contribution is -2.48. The highest BCUT2D eigenvalue weighted by atomic mass is 28.4. The van der Waals surface area contributed by atoms with Crippen LogP contribution in [0, 0.1) is 5.92 Å². The predicted molar refractivity (Wildman–Crippen MR) is 110 cm³/mol. The van der Waals surface area contributed by atoms with Crippen LogP contribution in [0.3, 0.4) is 0 Å². The molecule has 0 aromatic carbocycles. The van der Waals surface area contributed by atoms with Gasteiger partial charge in [0.25, 0.3) is 0 Å². The lowest BCUT2D eigenvalue weighted by Gasteiger charge is -2.42. The molecule has 5 heteroatoms. The molecule has 0 radical (unpaired) electrons. The summed E-state index contributed by atoms with van der Waals surface area (Å²) in [7, 11) is -1.81. The van der Waals surface area contributed by atoms with Gasteiger partial charge in [0.1, 0.15) is 0 Å². The molecule has 1 aliphatic heterocycles. The van der Waals surface area contributed by atoms with Crippen LogP contribution in [0.4, 0.5) is 0 Å². The zero-order valence-corrected chi connectivity index (χ0v) is 18.9. The van der Waals surface area contributed by atoms with Gasteiger partial charge in [-0.05, 0) is 54.6 Å². The van der Waals surface area contributed by atoms with Gasteiger partial charge in [-0.25, -0.2) is 0 Å². The summed E-state index contributed by atoms with van der Waals surface area (Å²) in [4.78, 5) is 14.1. The molecule has 1 heterocycles.